The highest BCUT2D eigenvalue weighted by Gasteiger charge is 2.28. The number of hydrogen-bond acceptors (Lipinski definition) is 3. The van der Waals surface area contributed by atoms with Gasteiger partial charge in [-0.05, 0) is 43.4 Å². The molecule has 0 spiro atoms. The van der Waals surface area contributed by atoms with Gasteiger partial charge in [-0.1, -0.05) is 37.5 Å². The monoisotopic (exact) mass is 317 g/mol. The van der Waals surface area contributed by atoms with Crippen molar-refractivity contribution in [3.63, 3.8) is 0 Å². The van der Waals surface area contributed by atoms with Gasteiger partial charge in [-0.25, -0.2) is 4.79 Å². The van der Waals surface area contributed by atoms with Crippen LogP contribution in [0.5, 0.6) is 0 Å². The van der Waals surface area contributed by atoms with Crippen LogP contribution in [-0.4, -0.2) is 25.0 Å². The van der Waals surface area contributed by atoms with Crippen molar-refractivity contribution in [1.29, 1.82) is 0 Å². The SMILES string of the molecule is COC(=O)[C@H](Cc1c(C)cccc1C)NC(=O)C1CCCCC1. The Morgan fingerprint density at radius 3 is 2.35 bits per heavy atom. The summed E-state index contributed by atoms with van der Waals surface area (Å²) in [4.78, 5) is 24.6. The molecule has 4 heteroatoms. The van der Waals surface area contributed by atoms with Gasteiger partial charge in [-0.15, -0.1) is 0 Å². The molecular formula is C19H27NO3. The molecule has 0 saturated heterocycles. The Kier molecular flexibility index (Phi) is 6.20. The van der Waals surface area contributed by atoms with E-state index < -0.39 is 6.04 Å². The van der Waals surface area contributed by atoms with Crippen molar-refractivity contribution >= 4 is 11.9 Å². The predicted molar refractivity (Wildman–Crippen MR) is 90.1 cm³/mol. The summed E-state index contributed by atoms with van der Waals surface area (Å²) in [5.74, 6) is -0.350. The number of benzene rings is 1. The van der Waals surface area contributed by atoms with E-state index in [1.165, 1.54) is 13.5 Å². The second-order valence-corrected chi connectivity index (χ2v) is 6.49. The third-order valence-electron chi connectivity index (χ3n) is 4.83. The molecule has 1 atom stereocenters. The fourth-order valence-corrected chi connectivity index (χ4v) is 3.36. The first-order chi connectivity index (χ1) is 11.0. The fourth-order valence-electron chi connectivity index (χ4n) is 3.36. The molecule has 1 N–H and O–H groups in total. The molecule has 0 aromatic heterocycles. The molecule has 0 unspecified atom stereocenters. The number of nitrogens with one attached hydrogen (secondary N) is 1. The summed E-state index contributed by atoms with van der Waals surface area (Å²) in [7, 11) is 1.37. The van der Waals surface area contributed by atoms with Crippen molar-refractivity contribution in [2.24, 2.45) is 5.92 Å². The van der Waals surface area contributed by atoms with E-state index in [-0.39, 0.29) is 17.8 Å². The summed E-state index contributed by atoms with van der Waals surface area (Å²) in [5, 5.41) is 2.93. The predicted octanol–water partition coefficient (Wildman–Crippen LogP) is 3.08. The van der Waals surface area contributed by atoms with Crippen molar-refractivity contribution in [3.8, 4) is 0 Å². The standard InChI is InChI=1S/C19H27NO3/c1-13-8-7-9-14(2)16(13)12-17(19(22)23-3)20-18(21)15-10-5-4-6-11-15/h7-9,15,17H,4-6,10-12H2,1-3H3,(H,20,21)/t17-/m0/s1. The van der Waals surface area contributed by atoms with Gasteiger partial charge in [0.1, 0.15) is 6.04 Å². The van der Waals surface area contributed by atoms with E-state index in [0.717, 1.165) is 42.4 Å². The topological polar surface area (TPSA) is 55.4 Å². The lowest BCUT2D eigenvalue weighted by Crippen LogP contribution is -2.46. The molecule has 0 radical (unpaired) electrons. The first-order valence-corrected chi connectivity index (χ1v) is 8.46. The van der Waals surface area contributed by atoms with Gasteiger partial charge in [0.05, 0.1) is 7.11 Å². The highest BCUT2D eigenvalue weighted by molar-refractivity contribution is 5.86. The Balaban J connectivity index is 2.10. The molecule has 1 aromatic rings. The zero-order chi connectivity index (χ0) is 16.8. The van der Waals surface area contributed by atoms with Crippen LogP contribution in [0.15, 0.2) is 18.2 Å². The third kappa shape index (κ3) is 4.57. The first kappa shape index (κ1) is 17.5. The van der Waals surface area contributed by atoms with Crippen molar-refractivity contribution in [1.82, 2.24) is 5.32 Å². The molecule has 126 valence electrons. The smallest absolute Gasteiger partial charge is 0.328 e. The van der Waals surface area contributed by atoms with Crippen LogP contribution in [0, 0.1) is 19.8 Å². The van der Waals surface area contributed by atoms with Crippen LogP contribution in [0.2, 0.25) is 0 Å². The van der Waals surface area contributed by atoms with Crippen LogP contribution in [0.1, 0.15) is 48.8 Å². The summed E-state index contributed by atoms with van der Waals surface area (Å²) < 4.78 is 4.90. The molecular weight excluding hydrogens is 290 g/mol. The van der Waals surface area contributed by atoms with Crippen molar-refractivity contribution in [2.45, 2.75) is 58.4 Å². The van der Waals surface area contributed by atoms with Crippen molar-refractivity contribution < 1.29 is 14.3 Å². The van der Waals surface area contributed by atoms with Gasteiger partial charge in [0.15, 0.2) is 0 Å². The summed E-state index contributed by atoms with van der Waals surface area (Å²) >= 11 is 0. The van der Waals surface area contributed by atoms with Crippen molar-refractivity contribution in [3.05, 3.63) is 34.9 Å². The van der Waals surface area contributed by atoms with Gasteiger partial charge in [0.2, 0.25) is 5.91 Å². The summed E-state index contributed by atoms with van der Waals surface area (Å²) in [6.07, 6.45) is 5.71. The molecule has 0 bridgehead atoms. The van der Waals surface area contributed by atoms with E-state index in [9.17, 15) is 9.59 Å². The van der Waals surface area contributed by atoms with E-state index in [2.05, 4.69) is 5.32 Å². The third-order valence-corrected chi connectivity index (χ3v) is 4.83. The van der Waals surface area contributed by atoms with Gasteiger partial charge >= 0.3 is 5.97 Å². The Bertz CT molecular complexity index is 541. The van der Waals surface area contributed by atoms with E-state index >= 15 is 0 Å². The van der Waals surface area contributed by atoms with Gasteiger partial charge in [0, 0.05) is 12.3 Å². The summed E-state index contributed by atoms with van der Waals surface area (Å²) in [6, 6.07) is 5.44. The lowest BCUT2D eigenvalue weighted by atomic mass is 9.88. The molecule has 1 aromatic carbocycles. The number of rotatable bonds is 5. The quantitative estimate of drug-likeness (QED) is 0.849. The Labute approximate surface area is 138 Å². The second-order valence-electron chi connectivity index (χ2n) is 6.49. The largest absolute Gasteiger partial charge is 0.467 e. The second kappa shape index (κ2) is 8.14. The molecule has 23 heavy (non-hydrogen) atoms. The van der Waals surface area contributed by atoms with Crippen LogP contribution < -0.4 is 5.32 Å². The number of aryl methyl sites for hydroxylation is 2. The van der Waals surface area contributed by atoms with E-state index in [1.54, 1.807) is 0 Å². The van der Waals surface area contributed by atoms with Crippen LogP contribution >= 0.6 is 0 Å². The molecule has 0 heterocycles. The molecule has 1 fully saturated rings. The minimum Gasteiger partial charge on any atom is -0.467 e. The highest BCUT2D eigenvalue weighted by Crippen LogP contribution is 2.24. The molecule has 2 rings (SSSR count). The number of carbonyl (C=O) groups is 2. The number of esters is 1. The number of amides is 1. The van der Waals surface area contributed by atoms with E-state index in [1.807, 2.05) is 32.0 Å². The van der Waals surface area contributed by atoms with Gasteiger partial charge < -0.3 is 10.1 Å². The Hall–Kier alpha value is -1.84. The van der Waals surface area contributed by atoms with Crippen LogP contribution in [0.3, 0.4) is 0 Å². The molecule has 0 aliphatic heterocycles. The van der Waals surface area contributed by atoms with Crippen molar-refractivity contribution in [2.75, 3.05) is 7.11 Å². The molecule has 4 nitrogen and oxygen atoms in total. The first-order valence-electron chi connectivity index (χ1n) is 8.46. The highest BCUT2D eigenvalue weighted by atomic mass is 16.5. The number of hydrogen-bond donors (Lipinski definition) is 1. The lowest BCUT2D eigenvalue weighted by Gasteiger charge is -2.24. The molecule has 1 saturated carbocycles. The van der Waals surface area contributed by atoms with Crippen LogP contribution in [-0.2, 0) is 20.7 Å². The van der Waals surface area contributed by atoms with Crippen LogP contribution in [0.4, 0.5) is 0 Å². The zero-order valence-corrected chi connectivity index (χ0v) is 14.4. The maximum absolute atomic E-state index is 12.5. The summed E-state index contributed by atoms with van der Waals surface area (Å²) in [6.45, 7) is 4.05. The van der Waals surface area contributed by atoms with Gasteiger partial charge in [0.25, 0.3) is 0 Å². The minimum absolute atomic E-state index is 0.00802. The maximum Gasteiger partial charge on any atom is 0.328 e. The van der Waals surface area contributed by atoms with E-state index in [4.69, 9.17) is 4.74 Å². The number of carbonyl (C=O) groups excluding carboxylic acids is 2. The van der Waals surface area contributed by atoms with Crippen LogP contribution in [0.25, 0.3) is 0 Å². The van der Waals surface area contributed by atoms with Gasteiger partial charge in [-0.2, -0.15) is 0 Å². The maximum atomic E-state index is 12.5. The minimum atomic E-state index is -0.616. The van der Waals surface area contributed by atoms with E-state index in [0.29, 0.717) is 6.42 Å². The Morgan fingerprint density at radius 2 is 1.78 bits per heavy atom. The number of ether oxygens (including phenoxy) is 1. The molecule has 1 amide bonds. The normalized spacial score (nSPS) is 16.7. The zero-order valence-electron chi connectivity index (χ0n) is 14.4. The van der Waals surface area contributed by atoms with Gasteiger partial charge in [-0.3, -0.25) is 4.79 Å². The average molecular weight is 317 g/mol. The fraction of sp³-hybridized carbons (Fsp3) is 0.579. The summed E-state index contributed by atoms with van der Waals surface area (Å²) in [5.41, 5.74) is 3.36. The Morgan fingerprint density at radius 1 is 1.17 bits per heavy atom. The lowest BCUT2D eigenvalue weighted by molar-refractivity contribution is -0.145. The molecule has 1 aliphatic carbocycles. The molecule has 1 aliphatic rings. The average Bonchev–Trinajstić information content (AvgIpc) is 2.57. The number of methoxy groups -OCH3 is 1.